The number of rotatable bonds is 10. The average molecular weight is 488 g/mol. The second kappa shape index (κ2) is 12.2. The largest absolute Gasteiger partial charge is 0.497 e. The standard InChI is InChI=1S/C22H22BrN3O5/c1-4-11-31-21-18(23)12-15(13-19(21)30-3)14-25-26-20(27)9-10-24-22(28)16-5-7-17(29-2)8-6-16/h1,5-8,12-14H,9-11H2,2-3H3,(H,24,28)(H,26,27). The van der Waals surface area contributed by atoms with Gasteiger partial charge in [0.2, 0.25) is 5.91 Å². The van der Waals surface area contributed by atoms with Gasteiger partial charge in [0.15, 0.2) is 11.5 Å². The third-order valence-electron chi connectivity index (χ3n) is 3.94. The molecule has 0 heterocycles. The van der Waals surface area contributed by atoms with Gasteiger partial charge in [0.1, 0.15) is 12.4 Å². The van der Waals surface area contributed by atoms with Gasteiger partial charge in [0.05, 0.1) is 24.9 Å². The summed E-state index contributed by atoms with van der Waals surface area (Å²) in [6.45, 7) is 0.278. The molecular weight excluding hydrogens is 466 g/mol. The number of amides is 2. The van der Waals surface area contributed by atoms with Crippen molar-refractivity contribution in [2.24, 2.45) is 5.10 Å². The summed E-state index contributed by atoms with van der Waals surface area (Å²) in [5, 5.41) is 6.60. The van der Waals surface area contributed by atoms with Gasteiger partial charge in [0, 0.05) is 18.5 Å². The molecule has 0 bridgehead atoms. The highest BCUT2D eigenvalue weighted by atomic mass is 79.9. The lowest BCUT2D eigenvalue weighted by atomic mass is 10.2. The molecule has 0 spiro atoms. The zero-order valence-electron chi connectivity index (χ0n) is 17.1. The molecule has 0 saturated heterocycles. The van der Waals surface area contributed by atoms with Gasteiger partial charge < -0.3 is 19.5 Å². The lowest BCUT2D eigenvalue weighted by molar-refractivity contribution is -0.120. The Morgan fingerprint density at radius 3 is 2.58 bits per heavy atom. The summed E-state index contributed by atoms with van der Waals surface area (Å²) >= 11 is 3.40. The van der Waals surface area contributed by atoms with Gasteiger partial charge >= 0.3 is 0 Å². The summed E-state index contributed by atoms with van der Waals surface area (Å²) in [7, 11) is 3.06. The number of hydrazone groups is 1. The molecule has 2 rings (SSSR count). The lowest BCUT2D eigenvalue weighted by Gasteiger charge is -2.11. The van der Waals surface area contributed by atoms with Gasteiger partial charge in [-0.2, -0.15) is 5.10 Å². The zero-order valence-corrected chi connectivity index (χ0v) is 18.7. The van der Waals surface area contributed by atoms with Crippen LogP contribution in [0.15, 0.2) is 46.0 Å². The van der Waals surface area contributed by atoms with Crippen LogP contribution in [0, 0.1) is 12.3 Å². The second-order valence-corrected chi connectivity index (χ2v) is 6.91. The molecule has 162 valence electrons. The molecule has 0 fully saturated rings. The Hall–Kier alpha value is -3.51. The number of terminal acetylenes is 1. The second-order valence-electron chi connectivity index (χ2n) is 6.05. The van der Waals surface area contributed by atoms with E-state index in [-0.39, 0.29) is 31.4 Å². The number of ether oxygens (including phenoxy) is 3. The Balaban J connectivity index is 1.83. The third kappa shape index (κ3) is 7.35. The van der Waals surface area contributed by atoms with E-state index in [1.807, 2.05) is 0 Å². The van der Waals surface area contributed by atoms with Crippen molar-refractivity contribution in [3.05, 3.63) is 52.0 Å². The molecule has 31 heavy (non-hydrogen) atoms. The third-order valence-corrected chi connectivity index (χ3v) is 4.53. The predicted molar refractivity (Wildman–Crippen MR) is 121 cm³/mol. The average Bonchev–Trinajstić information content (AvgIpc) is 2.78. The predicted octanol–water partition coefficient (Wildman–Crippen LogP) is 2.75. The number of benzene rings is 2. The minimum atomic E-state index is -0.341. The molecule has 9 heteroatoms. The van der Waals surface area contributed by atoms with Crippen molar-refractivity contribution in [3.63, 3.8) is 0 Å². The molecule has 2 N–H and O–H groups in total. The zero-order chi connectivity index (χ0) is 22.6. The summed E-state index contributed by atoms with van der Waals surface area (Å²) in [5.41, 5.74) is 3.57. The van der Waals surface area contributed by atoms with Gasteiger partial charge in [-0.15, -0.1) is 6.42 Å². The minimum Gasteiger partial charge on any atom is -0.497 e. The van der Waals surface area contributed by atoms with Gasteiger partial charge in [-0.05, 0) is 57.9 Å². The number of nitrogens with one attached hydrogen (secondary N) is 2. The Kier molecular flexibility index (Phi) is 9.39. The van der Waals surface area contributed by atoms with Crippen molar-refractivity contribution in [3.8, 4) is 29.6 Å². The van der Waals surface area contributed by atoms with Crippen LogP contribution in [0.5, 0.6) is 17.2 Å². The normalized spacial score (nSPS) is 10.3. The number of hydrogen-bond donors (Lipinski definition) is 2. The number of carbonyl (C=O) groups is 2. The Morgan fingerprint density at radius 2 is 1.94 bits per heavy atom. The first-order valence-corrected chi connectivity index (χ1v) is 9.95. The van der Waals surface area contributed by atoms with E-state index in [0.717, 1.165) is 0 Å². The number of methoxy groups -OCH3 is 2. The van der Waals surface area contributed by atoms with Crippen molar-refractivity contribution < 1.29 is 23.8 Å². The Labute approximate surface area is 189 Å². The Morgan fingerprint density at radius 1 is 1.19 bits per heavy atom. The first kappa shape index (κ1) is 23.8. The van der Waals surface area contributed by atoms with Gasteiger partial charge in [-0.25, -0.2) is 5.43 Å². The van der Waals surface area contributed by atoms with E-state index in [1.165, 1.54) is 13.3 Å². The molecular formula is C22H22BrN3O5. The topological polar surface area (TPSA) is 98.2 Å². The first-order valence-electron chi connectivity index (χ1n) is 9.16. The quantitative estimate of drug-likeness (QED) is 0.305. The first-order chi connectivity index (χ1) is 15.0. The molecule has 0 atom stereocenters. The van der Waals surface area contributed by atoms with Crippen LogP contribution < -0.4 is 25.0 Å². The fourth-order valence-corrected chi connectivity index (χ4v) is 3.01. The maximum absolute atomic E-state index is 12.1. The van der Waals surface area contributed by atoms with Crippen LogP contribution in [0.25, 0.3) is 0 Å². The fraction of sp³-hybridized carbons (Fsp3) is 0.227. The van der Waals surface area contributed by atoms with Crippen LogP contribution >= 0.6 is 15.9 Å². The van der Waals surface area contributed by atoms with Gasteiger partial charge in [-0.3, -0.25) is 9.59 Å². The molecule has 0 aromatic heterocycles. The minimum absolute atomic E-state index is 0.0745. The lowest BCUT2D eigenvalue weighted by Crippen LogP contribution is -2.29. The van der Waals surface area contributed by atoms with Crippen LogP contribution in [-0.2, 0) is 4.79 Å². The molecule has 0 aliphatic heterocycles. The van der Waals surface area contributed by atoms with E-state index in [2.05, 4.69) is 37.7 Å². The molecule has 0 unspecified atom stereocenters. The van der Waals surface area contributed by atoms with Crippen LogP contribution in [0.3, 0.4) is 0 Å². The van der Waals surface area contributed by atoms with Crippen molar-refractivity contribution in [2.75, 3.05) is 27.4 Å². The highest BCUT2D eigenvalue weighted by Crippen LogP contribution is 2.36. The molecule has 0 radical (unpaired) electrons. The molecule has 0 aliphatic rings. The SMILES string of the molecule is C#CCOc1c(Br)cc(C=NNC(=O)CCNC(=O)c2ccc(OC)cc2)cc1OC. The highest BCUT2D eigenvalue weighted by Gasteiger charge is 2.11. The number of hydrogen-bond acceptors (Lipinski definition) is 6. The van der Waals surface area contributed by atoms with E-state index >= 15 is 0 Å². The van der Waals surface area contributed by atoms with E-state index in [9.17, 15) is 9.59 Å². The molecule has 2 amide bonds. The Bertz CT molecular complexity index is 984. The summed E-state index contributed by atoms with van der Waals surface area (Å²) in [6.07, 6.45) is 6.75. The van der Waals surface area contributed by atoms with Crippen molar-refractivity contribution in [1.82, 2.24) is 10.7 Å². The fourth-order valence-electron chi connectivity index (χ4n) is 2.44. The molecule has 2 aromatic rings. The van der Waals surface area contributed by atoms with E-state index < -0.39 is 0 Å². The van der Waals surface area contributed by atoms with E-state index in [4.69, 9.17) is 20.6 Å². The summed E-state index contributed by atoms with van der Waals surface area (Å²) < 4.78 is 16.4. The maximum atomic E-state index is 12.1. The van der Waals surface area contributed by atoms with Crippen LogP contribution in [-0.4, -0.2) is 45.4 Å². The summed E-state index contributed by atoms with van der Waals surface area (Å²) in [5.74, 6) is 3.39. The molecule has 0 aliphatic carbocycles. The monoisotopic (exact) mass is 487 g/mol. The van der Waals surface area contributed by atoms with Crippen molar-refractivity contribution in [2.45, 2.75) is 6.42 Å². The van der Waals surface area contributed by atoms with Crippen molar-refractivity contribution in [1.29, 1.82) is 0 Å². The number of halogens is 1. The molecule has 2 aromatic carbocycles. The van der Waals surface area contributed by atoms with Crippen LogP contribution in [0.1, 0.15) is 22.3 Å². The van der Waals surface area contributed by atoms with Gasteiger partial charge in [0.25, 0.3) is 5.91 Å². The van der Waals surface area contributed by atoms with Crippen LogP contribution in [0.4, 0.5) is 0 Å². The molecule has 8 nitrogen and oxygen atoms in total. The number of carbonyl (C=O) groups excluding carboxylic acids is 2. The number of nitrogens with zero attached hydrogens (tertiary/aromatic N) is 1. The van der Waals surface area contributed by atoms with Crippen LogP contribution in [0.2, 0.25) is 0 Å². The molecule has 0 saturated carbocycles. The van der Waals surface area contributed by atoms with E-state index in [0.29, 0.717) is 32.8 Å². The summed E-state index contributed by atoms with van der Waals surface area (Å²) in [6, 6.07) is 10.1. The van der Waals surface area contributed by atoms with Crippen molar-refractivity contribution >= 4 is 34.0 Å². The van der Waals surface area contributed by atoms with E-state index in [1.54, 1.807) is 43.5 Å². The smallest absolute Gasteiger partial charge is 0.251 e. The van der Waals surface area contributed by atoms with Gasteiger partial charge in [-0.1, -0.05) is 5.92 Å². The maximum Gasteiger partial charge on any atom is 0.251 e. The highest BCUT2D eigenvalue weighted by molar-refractivity contribution is 9.10. The summed E-state index contributed by atoms with van der Waals surface area (Å²) in [4.78, 5) is 24.0.